The minimum absolute atomic E-state index is 0.0422. The third-order valence-corrected chi connectivity index (χ3v) is 4.94. The molecule has 0 saturated heterocycles. The largest absolute Gasteiger partial charge is 0.464 e. The molecule has 0 aromatic carbocycles. The topological polar surface area (TPSA) is 88.3 Å². The van der Waals surface area contributed by atoms with Crippen LogP contribution in [0.5, 0.6) is 0 Å². The van der Waals surface area contributed by atoms with Crippen molar-refractivity contribution in [2.75, 3.05) is 13.7 Å². The van der Waals surface area contributed by atoms with Crippen LogP contribution in [0, 0.1) is 0 Å². The monoisotopic (exact) mass is 312 g/mol. The van der Waals surface area contributed by atoms with Crippen LogP contribution in [0.1, 0.15) is 42.6 Å². The fourth-order valence-corrected chi connectivity index (χ4v) is 3.34. The lowest BCUT2D eigenvalue weighted by Gasteiger charge is -2.12. The first-order chi connectivity index (χ1) is 10.0. The number of rotatable bonds is 6. The van der Waals surface area contributed by atoms with Crippen molar-refractivity contribution < 1.29 is 17.9 Å². The molecule has 6 nitrogen and oxygen atoms in total. The smallest absolute Gasteiger partial charge is 0.354 e. The first kappa shape index (κ1) is 15.8. The molecule has 0 bridgehead atoms. The fraction of sp³-hybridized carbons (Fsp3) is 0.500. The van der Waals surface area contributed by atoms with Crippen molar-refractivity contribution >= 4 is 16.0 Å². The Hall–Kier alpha value is -1.60. The second-order valence-electron chi connectivity index (χ2n) is 5.00. The molecule has 0 saturated carbocycles. The zero-order valence-corrected chi connectivity index (χ0v) is 12.8. The van der Waals surface area contributed by atoms with E-state index >= 15 is 0 Å². The maximum absolute atomic E-state index is 12.1. The average molecular weight is 312 g/mol. The Balaban J connectivity index is 1.93. The number of aromatic nitrogens is 1. The summed E-state index contributed by atoms with van der Waals surface area (Å²) >= 11 is 0. The molecule has 1 aliphatic rings. The number of esters is 1. The van der Waals surface area contributed by atoms with E-state index in [1.54, 1.807) is 0 Å². The normalized spacial score (nSPS) is 15.6. The van der Waals surface area contributed by atoms with Crippen molar-refractivity contribution in [2.24, 2.45) is 0 Å². The molecule has 2 rings (SSSR count). The minimum Gasteiger partial charge on any atom is -0.464 e. The van der Waals surface area contributed by atoms with Gasteiger partial charge < -0.3 is 9.72 Å². The predicted molar refractivity (Wildman–Crippen MR) is 78.5 cm³/mol. The van der Waals surface area contributed by atoms with E-state index in [4.69, 9.17) is 0 Å². The molecule has 1 aliphatic carbocycles. The number of carbonyl (C=O) groups excluding carboxylic acids is 1. The molecule has 0 aliphatic heterocycles. The lowest BCUT2D eigenvalue weighted by molar-refractivity contribution is 0.0595. The Morgan fingerprint density at radius 2 is 2.24 bits per heavy atom. The Bertz CT molecular complexity index is 631. The van der Waals surface area contributed by atoms with Gasteiger partial charge in [-0.25, -0.2) is 17.9 Å². The van der Waals surface area contributed by atoms with E-state index in [0.717, 1.165) is 19.3 Å². The van der Waals surface area contributed by atoms with E-state index in [2.05, 4.69) is 20.5 Å². The summed E-state index contributed by atoms with van der Waals surface area (Å²) in [6.07, 6.45) is 8.75. The van der Waals surface area contributed by atoms with Crippen LogP contribution >= 0.6 is 0 Å². The maximum Gasteiger partial charge on any atom is 0.354 e. The molecule has 2 N–H and O–H groups in total. The van der Waals surface area contributed by atoms with Gasteiger partial charge in [0, 0.05) is 12.7 Å². The van der Waals surface area contributed by atoms with Gasteiger partial charge in [-0.05, 0) is 38.2 Å². The van der Waals surface area contributed by atoms with Gasteiger partial charge in [0.25, 0.3) is 0 Å². The number of hydrogen-bond donors (Lipinski definition) is 2. The standard InChI is InChI=1S/C14H20N2O4S/c1-20-14(17)13-9-12(10-15-13)21(18,19)16-8-7-11-5-3-2-4-6-11/h5,9-10,15-16H,2-4,6-8H2,1H3. The van der Waals surface area contributed by atoms with E-state index in [0.29, 0.717) is 6.54 Å². The van der Waals surface area contributed by atoms with Crippen LogP contribution in [-0.2, 0) is 14.8 Å². The molecule has 116 valence electrons. The van der Waals surface area contributed by atoms with Gasteiger partial charge in [-0.2, -0.15) is 0 Å². The Morgan fingerprint density at radius 3 is 2.90 bits per heavy atom. The van der Waals surface area contributed by atoms with Gasteiger partial charge >= 0.3 is 5.97 Å². The first-order valence-corrected chi connectivity index (χ1v) is 8.45. The Kier molecular flexibility index (Phi) is 5.19. The molecule has 21 heavy (non-hydrogen) atoms. The van der Waals surface area contributed by atoms with Crippen LogP contribution < -0.4 is 4.72 Å². The summed E-state index contributed by atoms with van der Waals surface area (Å²) in [7, 11) is -2.35. The summed E-state index contributed by atoms with van der Waals surface area (Å²) < 4.78 is 31.3. The number of allylic oxidation sites excluding steroid dienone is 1. The molecular weight excluding hydrogens is 292 g/mol. The van der Waals surface area contributed by atoms with Gasteiger partial charge in [-0.15, -0.1) is 0 Å². The summed E-state index contributed by atoms with van der Waals surface area (Å²) in [6, 6.07) is 1.27. The highest BCUT2D eigenvalue weighted by molar-refractivity contribution is 7.89. The SMILES string of the molecule is COC(=O)c1cc(S(=O)(=O)NCCC2=CCCCC2)c[nH]1. The number of H-pyrrole nitrogens is 1. The van der Waals surface area contributed by atoms with Crippen LogP contribution in [-0.4, -0.2) is 33.0 Å². The van der Waals surface area contributed by atoms with Gasteiger partial charge in [0.2, 0.25) is 10.0 Å². The molecule has 1 aromatic rings. The number of methoxy groups -OCH3 is 1. The van der Waals surface area contributed by atoms with Gasteiger partial charge in [-0.1, -0.05) is 11.6 Å². The third kappa shape index (κ3) is 4.18. The molecule has 0 unspecified atom stereocenters. The van der Waals surface area contributed by atoms with Crippen molar-refractivity contribution in [1.82, 2.24) is 9.71 Å². The maximum atomic E-state index is 12.1. The zero-order chi connectivity index (χ0) is 15.3. The van der Waals surface area contributed by atoms with E-state index in [1.165, 1.54) is 37.8 Å². The number of aromatic amines is 1. The lowest BCUT2D eigenvalue weighted by atomic mass is 9.97. The molecule has 0 spiro atoms. The van der Waals surface area contributed by atoms with E-state index in [9.17, 15) is 13.2 Å². The molecule has 1 heterocycles. The Labute approximate surface area is 124 Å². The van der Waals surface area contributed by atoms with E-state index in [-0.39, 0.29) is 10.6 Å². The summed E-state index contributed by atoms with van der Waals surface area (Å²) in [5.41, 5.74) is 1.43. The highest BCUT2D eigenvalue weighted by atomic mass is 32.2. The highest BCUT2D eigenvalue weighted by Gasteiger charge is 2.18. The first-order valence-electron chi connectivity index (χ1n) is 6.97. The summed E-state index contributed by atoms with van der Waals surface area (Å²) in [5, 5.41) is 0. The summed E-state index contributed by atoms with van der Waals surface area (Å²) in [5.74, 6) is -0.594. The summed E-state index contributed by atoms with van der Waals surface area (Å²) in [4.78, 5) is 13.9. The second-order valence-corrected chi connectivity index (χ2v) is 6.76. The van der Waals surface area contributed by atoms with Crippen LogP contribution in [0.4, 0.5) is 0 Å². The molecule has 0 amide bonds. The number of ether oxygens (including phenoxy) is 1. The number of hydrogen-bond acceptors (Lipinski definition) is 4. The van der Waals surface area contributed by atoms with Crippen molar-refractivity contribution in [3.63, 3.8) is 0 Å². The lowest BCUT2D eigenvalue weighted by Crippen LogP contribution is -2.24. The van der Waals surface area contributed by atoms with Gasteiger partial charge in [-0.3, -0.25) is 0 Å². The second kappa shape index (κ2) is 6.91. The molecule has 0 fully saturated rings. The molecular formula is C14H20N2O4S. The van der Waals surface area contributed by atoms with E-state index < -0.39 is 16.0 Å². The predicted octanol–water partition coefficient (Wildman–Crippen LogP) is 1.97. The van der Waals surface area contributed by atoms with Crippen LogP contribution in [0.25, 0.3) is 0 Å². The molecule has 1 aromatic heterocycles. The average Bonchev–Trinajstić information content (AvgIpc) is 2.98. The molecule has 0 atom stereocenters. The minimum atomic E-state index is -3.60. The molecule has 7 heteroatoms. The number of carbonyl (C=O) groups is 1. The van der Waals surface area contributed by atoms with Crippen LogP contribution in [0.15, 0.2) is 28.8 Å². The van der Waals surface area contributed by atoms with Crippen LogP contribution in [0.2, 0.25) is 0 Å². The number of sulfonamides is 1. The zero-order valence-electron chi connectivity index (χ0n) is 12.0. The van der Waals surface area contributed by atoms with Crippen molar-refractivity contribution in [3.8, 4) is 0 Å². The Morgan fingerprint density at radius 1 is 1.43 bits per heavy atom. The van der Waals surface area contributed by atoms with Crippen LogP contribution in [0.3, 0.4) is 0 Å². The van der Waals surface area contributed by atoms with E-state index in [1.807, 2.05) is 0 Å². The van der Waals surface area contributed by atoms with Gasteiger partial charge in [0.15, 0.2) is 0 Å². The third-order valence-electron chi connectivity index (χ3n) is 3.50. The van der Waals surface area contributed by atoms with Crippen molar-refractivity contribution in [3.05, 3.63) is 29.6 Å². The summed E-state index contributed by atoms with van der Waals surface area (Å²) in [6.45, 7) is 0.368. The number of nitrogens with one attached hydrogen (secondary N) is 2. The van der Waals surface area contributed by atoms with Gasteiger partial charge in [0.05, 0.1) is 7.11 Å². The van der Waals surface area contributed by atoms with Gasteiger partial charge in [0.1, 0.15) is 10.6 Å². The van der Waals surface area contributed by atoms with Crippen molar-refractivity contribution in [1.29, 1.82) is 0 Å². The van der Waals surface area contributed by atoms with Crippen molar-refractivity contribution in [2.45, 2.75) is 37.0 Å². The molecule has 0 radical (unpaired) electrons. The quantitative estimate of drug-likeness (QED) is 0.621. The fourth-order valence-electron chi connectivity index (χ4n) is 2.32. The highest BCUT2D eigenvalue weighted by Crippen LogP contribution is 2.19.